The molecule has 2 aromatic rings. The second-order valence-electron chi connectivity index (χ2n) is 5.46. The maximum atomic E-state index is 12.8. The van der Waals surface area contributed by atoms with E-state index in [2.05, 4.69) is 10.6 Å². The number of ether oxygens (including phenoxy) is 1. The molecule has 0 saturated heterocycles. The van der Waals surface area contributed by atoms with E-state index in [1.54, 1.807) is 29.6 Å². The predicted octanol–water partition coefficient (Wildman–Crippen LogP) is 1.91. The second-order valence-corrected chi connectivity index (χ2v) is 6.41. The first-order valence-corrected chi connectivity index (χ1v) is 8.87. The van der Waals surface area contributed by atoms with Crippen LogP contribution in [-0.2, 0) is 20.7 Å². The number of hydrogen-bond donors (Lipinski definition) is 2. The highest BCUT2D eigenvalue weighted by Gasteiger charge is 2.18. The summed E-state index contributed by atoms with van der Waals surface area (Å²) in [5, 5.41) is 6.83. The molecule has 26 heavy (non-hydrogen) atoms. The van der Waals surface area contributed by atoms with Crippen LogP contribution in [0, 0.1) is 5.82 Å². The molecule has 2 rings (SSSR count). The van der Waals surface area contributed by atoms with Gasteiger partial charge in [0.1, 0.15) is 12.4 Å². The normalized spacial score (nSPS) is 11.5. The minimum absolute atomic E-state index is 0.315. The van der Waals surface area contributed by atoms with Crippen LogP contribution in [0.5, 0.6) is 0 Å². The molecule has 1 aromatic carbocycles. The zero-order valence-electron chi connectivity index (χ0n) is 14.2. The van der Waals surface area contributed by atoms with Gasteiger partial charge in [-0.05, 0) is 42.5 Å². The molecule has 1 atom stereocenters. The first-order valence-electron chi connectivity index (χ1n) is 7.99. The first-order chi connectivity index (χ1) is 12.5. The maximum absolute atomic E-state index is 12.8. The van der Waals surface area contributed by atoms with Crippen molar-refractivity contribution in [1.29, 1.82) is 0 Å². The van der Waals surface area contributed by atoms with Gasteiger partial charge in [0.15, 0.2) is 6.10 Å². The molecule has 1 aromatic heterocycles. The van der Waals surface area contributed by atoms with E-state index in [0.717, 1.165) is 5.56 Å². The monoisotopic (exact) mass is 378 g/mol. The Hall–Kier alpha value is -2.74. The highest BCUT2D eigenvalue weighted by Crippen LogP contribution is 2.07. The Morgan fingerprint density at radius 1 is 1.15 bits per heavy atom. The third kappa shape index (κ3) is 6.29. The van der Waals surface area contributed by atoms with Crippen molar-refractivity contribution in [3.05, 3.63) is 58.0 Å². The van der Waals surface area contributed by atoms with Crippen molar-refractivity contribution < 1.29 is 23.5 Å². The van der Waals surface area contributed by atoms with Crippen LogP contribution in [0.1, 0.15) is 22.2 Å². The summed E-state index contributed by atoms with van der Waals surface area (Å²) in [6, 6.07) is 9.36. The zero-order valence-corrected chi connectivity index (χ0v) is 15.0. The van der Waals surface area contributed by atoms with Gasteiger partial charge in [0.2, 0.25) is 0 Å². The number of hydrogen-bond acceptors (Lipinski definition) is 5. The lowest BCUT2D eigenvalue weighted by Crippen LogP contribution is -2.39. The molecule has 138 valence electrons. The molecule has 0 aliphatic carbocycles. The lowest BCUT2D eigenvalue weighted by molar-refractivity contribution is -0.153. The molecule has 0 aliphatic heterocycles. The molecule has 0 bridgehead atoms. The topological polar surface area (TPSA) is 84.5 Å². The summed E-state index contributed by atoms with van der Waals surface area (Å²) in [6.45, 7) is 1.47. The summed E-state index contributed by atoms with van der Waals surface area (Å²) in [4.78, 5) is 35.8. The summed E-state index contributed by atoms with van der Waals surface area (Å²) in [7, 11) is 0. The van der Waals surface area contributed by atoms with Gasteiger partial charge in [-0.25, -0.2) is 4.39 Å². The Kier molecular flexibility index (Phi) is 7.28. The van der Waals surface area contributed by atoms with Crippen molar-refractivity contribution in [2.75, 3.05) is 13.1 Å². The van der Waals surface area contributed by atoms with Gasteiger partial charge in [-0.3, -0.25) is 14.4 Å². The number of rotatable bonds is 8. The molecule has 1 heterocycles. The van der Waals surface area contributed by atoms with Crippen LogP contribution in [0.15, 0.2) is 41.8 Å². The van der Waals surface area contributed by atoms with Crippen LogP contribution >= 0.6 is 11.3 Å². The van der Waals surface area contributed by atoms with Gasteiger partial charge >= 0.3 is 5.97 Å². The van der Waals surface area contributed by atoms with Crippen molar-refractivity contribution in [1.82, 2.24) is 10.6 Å². The van der Waals surface area contributed by atoms with Crippen molar-refractivity contribution in [2.45, 2.75) is 19.4 Å². The van der Waals surface area contributed by atoms with Crippen LogP contribution in [0.25, 0.3) is 0 Å². The molecule has 0 fully saturated rings. The molecule has 0 unspecified atom stereocenters. The van der Waals surface area contributed by atoms with Crippen LogP contribution in [0.2, 0.25) is 0 Å². The van der Waals surface area contributed by atoms with Gasteiger partial charge in [-0.15, -0.1) is 11.3 Å². The molecule has 6 nitrogen and oxygen atoms in total. The van der Waals surface area contributed by atoms with Gasteiger partial charge < -0.3 is 15.4 Å². The summed E-state index contributed by atoms with van der Waals surface area (Å²) in [5.41, 5.74) is 0.882. The quantitative estimate of drug-likeness (QED) is 0.687. The van der Waals surface area contributed by atoms with Crippen molar-refractivity contribution in [2.24, 2.45) is 0 Å². The standard InChI is InChI=1S/C18H19FN2O4S/c1-12(17(23)20-9-8-13-4-6-14(19)7-5-13)25-16(22)11-21-18(24)15-3-2-10-26-15/h2-7,10,12H,8-9,11H2,1H3,(H,20,23)(H,21,24)/t12-/m1/s1. The van der Waals surface area contributed by atoms with Crippen molar-refractivity contribution in [3.63, 3.8) is 0 Å². The number of benzene rings is 1. The van der Waals surface area contributed by atoms with E-state index in [0.29, 0.717) is 17.8 Å². The van der Waals surface area contributed by atoms with Crippen LogP contribution < -0.4 is 10.6 Å². The second kappa shape index (κ2) is 9.67. The van der Waals surface area contributed by atoms with E-state index in [1.807, 2.05) is 0 Å². The Morgan fingerprint density at radius 2 is 1.88 bits per heavy atom. The van der Waals surface area contributed by atoms with Gasteiger partial charge in [-0.2, -0.15) is 0 Å². The van der Waals surface area contributed by atoms with E-state index in [4.69, 9.17) is 4.74 Å². The third-order valence-electron chi connectivity index (χ3n) is 3.44. The molecule has 2 N–H and O–H groups in total. The molecular formula is C18H19FN2O4S. The van der Waals surface area contributed by atoms with E-state index in [-0.39, 0.29) is 18.3 Å². The number of carbonyl (C=O) groups excluding carboxylic acids is 3. The lowest BCUT2D eigenvalue weighted by atomic mass is 10.1. The Balaban J connectivity index is 1.66. The fourth-order valence-corrected chi connectivity index (χ4v) is 2.70. The summed E-state index contributed by atoms with van der Waals surface area (Å²) >= 11 is 1.26. The number of halogens is 1. The van der Waals surface area contributed by atoms with E-state index in [9.17, 15) is 18.8 Å². The number of thiophene rings is 1. The summed E-state index contributed by atoms with van der Waals surface area (Å²) < 4.78 is 17.8. The van der Waals surface area contributed by atoms with Crippen molar-refractivity contribution in [3.8, 4) is 0 Å². The fraction of sp³-hybridized carbons (Fsp3) is 0.278. The zero-order chi connectivity index (χ0) is 18.9. The molecule has 0 spiro atoms. The molecule has 0 aliphatic rings. The average Bonchev–Trinajstić information content (AvgIpc) is 3.16. The number of esters is 1. The highest BCUT2D eigenvalue weighted by atomic mass is 32.1. The SMILES string of the molecule is C[C@@H](OC(=O)CNC(=O)c1cccs1)C(=O)NCCc1ccc(F)cc1. The van der Waals surface area contributed by atoms with Gasteiger partial charge in [-0.1, -0.05) is 18.2 Å². The maximum Gasteiger partial charge on any atom is 0.326 e. The minimum Gasteiger partial charge on any atom is -0.451 e. The Bertz CT molecular complexity index is 747. The third-order valence-corrected chi connectivity index (χ3v) is 4.31. The minimum atomic E-state index is -0.977. The van der Waals surface area contributed by atoms with Crippen LogP contribution in [0.3, 0.4) is 0 Å². The first kappa shape index (κ1) is 19.6. The van der Waals surface area contributed by atoms with Crippen LogP contribution in [0.4, 0.5) is 4.39 Å². The summed E-state index contributed by atoms with van der Waals surface area (Å²) in [6.07, 6.45) is -0.446. The van der Waals surface area contributed by atoms with Gasteiger partial charge in [0, 0.05) is 6.54 Å². The van der Waals surface area contributed by atoms with Crippen LogP contribution in [-0.4, -0.2) is 37.0 Å². The highest BCUT2D eigenvalue weighted by molar-refractivity contribution is 7.12. The number of amides is 2. The number of nitrogens with one attached hydrogen (secondary N) is 2. The molecule has 2 amide bonds. The van der Waals surface area contributed by atoms with E-state index < -0.39 is 18.0 Å². The molecule has 0 radical (unpaired) electrons. The Labute approximate surface area is 154 Å². The largest absolute Gasteiger partial charge is 0.451 e. The average molecular weight is 378 g/mol. The van der Waals surface area contributed by atoms with Gasteiger partial charge in [0.05, 0.1) is 4.88 Å². The van der Waals surface area contributed by atoms with E-state index in [1.165, 1.54) is 30.4 Å². The van der Waals surface area contributed by atoms with Crippen molar-refractivity contribution >= 4 is 29.1 Å². The number of carbonyl (C=O) groups is 3. The lowest BCUT2D eigenvalue weighted by Gasteiger charge is -2.13. The van der Waals surface area contributed by atoms with E-state index >= 15 is 0 Å². The molecular weight excluding hydrogens is 359 g/mol. The smallest absolute Gasteiger partial charge is 0.326 e. The van der Waals surface area contributed by atoms with Gasteiger partial charge in [0.25, 0.3) is 11.8 Å². The summed E-state index contributed by atoms with van der Waals surface area (Å²) in [5.74, 6) is -1.82. The Morgan fingerprint density at radius 3 is 2.54 bits per heavy atom. The fourth-order valence-electron chi connectivity index (χ4n) is 2.06. The molecule has 0 saturated carbocycles. The molecule has 8 heteroatoms. The predicted molar refractivity (Wildman–Crippen MR) is 95.3 cm³/mol.